The van der Waals surface area contributed by atoms with Crippen LogP contribution in [0.3, 0.4) is 0 Å². The predicted octanol–water partition coefficient (Wildman–Crippen LogP) is 1.60. The van der Waals surface area contributed by atoms with Crippen LogP contribution in [0.1, 0.15) is 11.3 Å². The van der Waals surface area contributed by atoms with E-state index in [0.29, 0.717) is 17.3 Å². The highest BCUT2D eigenvalue weighted by Crippen LogP contribution is 2.29. The quantitative estimate of drug-likeness (QED) is 0.817. The highest BCUT2D eigenvalue weighted by atomic mass is 35.5. The van der Waals surface area contributed by atoms with E-state index < -0.39 is 6.09 Å². The van der Waals surface area contributed by atoms with Gasteiger partial charge in [-0.3, -0.25) is 4.90 Å². The number of nitrogens with zero attached hydrogens (tertiary/aromatic N) is 5. The van der Waals surface area contributed by atoms with Gasteiger partial charge in [0.15, 0.2) is 0 Å². The van der Waals surface area contributed by atoms with Gasteiger partial charge in [-0.25, -0.2) is 19.7 Å². The van der Waals surface area contributed by atoms with Crippen LogP contribution in [0, 0.1) is 0 Å². The molecule has 0 aromatic carbocycles. The summed E-state index contributed by atoms with van der Waals surface area (Å²) in [4.78, 5) is 24.6. The van der Waals surface area contributed by atoms with Crippen molar-refractivity contribution in [2.24, 2.45) is 7.05 Å². The molecule has 9 heteroatoms. The first-order valence-corrected chi connectivity index (χ1v) is 6.19. The van der Waals surface area contributed by atoms with Crippen LogP contribution >= 0.6 is 11.6 Å². The third-order valence-electron chi connectivity index (χ3n) is 2.98. The average Bonchev–Trinajstić information content (AvgIpc) is 2.95. The summed E-state index contributed by atoms with van der Waals surface area (Å²) in [7, 11) is 1.85. The van der Waals surface area contributed by atoms with E-state index in [4.69, 9.17) is 16.7 Å². The molecular weight excluding hydrogens is 284 g/mol. The Morgan fingerprint density at radius 1 is 1.45 bits per heavy atom. The lowest BCUT2D eigenvalue weighted by atomic mass is 10.2. The van der Waals surface area contributed by atoms with Crippen molar-refractivity contribution < 1.29 is 9.90 Å². The number of hydrogen-bond acceptors (Lipinski definition) is 5. The summed E-state index contributed by atoms with van der Waals surface area (Å²) in [6, 6.07) is 0. The molecule has 1 amide bonds. The monoisotopic (exact) mass is 294 g/mol. The van der Waals surface area contributed by atoms with Gasteiger partial charge in [0.1, 0.15) is 11.6 Å². The lowest BCUT2D eigenvalue weighted by Gasteiger charge is -2.09. The molecule has 0 spiro atoms. The Balaban J connectivity index is 1.95. The van der Waals surface area contributed by atoms with Crippen LogP contribution in [0.15, 0.2) is 12.5 Å². The van der Waals surface area contributed by atoms with Gasteiger partial charge in [-0.2, -0.15) is 0 Å². The van der Waals surface area contributed by atoms with Crippen molar-refractivity contribution in [3.05, 3.63) is 29.1 Å². The van der Waals surface area contributed by atoms with Crippen LogP contribution in [-0.4, -0.2) is 35.6 Å². The fourth-order valence-electron chi connectivity index (χ4n) is 2.06. The molecule has 104 valence electrons. The molecule has 8 nitrogen and oxygen atoms in total. The third kappa shape index (κ3) is 2.25. The molecule has 3 rings (SSSR count). The lowest BCUT2D eigenvalue weighted by molar-refractivity contribution is 0.145. The maximum Gasteiger partial charge on any atom is 0.407 e. The van der Waals surface area contributed by atoms with E-state index in [-0.39, 0.29) is 18.4 Å². The highest BCUT2D eigenvalue weighted by molar-refractivity contribution is 6.28. The Morgan fingerprint density at radius 3 is 2.90 bits per heavy atom. The van der Waals surface area contributed by atoms with Crippen LogP contribution in [0.5, 0.6) is 0 Å². The Bertz CT molecular complexity index is 686. The second-order valence-electron chi connectivity index (χ2n) is 4.45. The minimum Gasteiger partial charge on any atom is -0.465 e. The summed E-state index contributed by atoms with van der Waals surface area (Å²) in [6.07, 6.45) is 2.43. The molecule has 0 fully saturated rings. The molecule has 0 saturated carbocycles. The first-order valence-electron chi connectivity index (χ1n) is 5.81. The molecule has 0 unspecified atom stereocenters. The van der Waals surface area contributed by atoms with Crippen LogP contribution in [0.25, 0.3) is 0 Å². The van der Waals surface area contributed by atoms with E-state index in [1.165, 1.54) is 4.90 Å². The summed E-state index contributed by atoms with van der Waals surface area (Å²) in [6.45, 7) is 0.445. The molecule has 2 aromatic rings. The largest absolute Gasteiger partial charge is 0.465 e. The van der Waals surface area contributed by atoms with Gasteiger partial charge in [0, 0.05) is 18.8 Å². The number of amides is 1. The summed E-state index contributed by atoms with van der Waals surface area (Å²) >= 11 is 5.87. The number of aryl methyl sites for hydroxylation is 1. The SMILES string of the molecule is Cn1cnc(Nc2nc(Cl)nc3c2CN(C(=O)O)C3)c1. The fourth-order valence-corrected chi connectivity index (χ4v) is 2.25. The van der Waals surface area contributed by atoms with E-state index in [0.717, 1.165) is 5.56 Å². The number of anilines is 2. The highest BCUT2D eigenvalue weighted by Gasteiger charge is 2.28. The number of hydrogen-bond donors (Lipinski definition) is 2. The third-order valence-corrected chi connectivity index (χ3v) is 3.15. The number of carboxylic acid groups (broad SMARTS) is 1. The van der Waals surface area contributed by atoms with Gasteiger partial charge < -0.3 is 15.0 Å². The van der Waals surface area contributed by atoms with Crippen LogP contribution in [0.2, 0.25) is 5.28 Å². The Labute approximate surface area is 119 Å². The second kappa shape index (κ2) is 4.64. The second-order valence-corrected chi connectivity index (χ2v) is 4.79. The number of imidazole rings is 1. The molecule has 0 radical (unpaired) electrons. The van der Waals surface area contributed by atoms with Crippen molar-refractivity contribution in [2.75, 3.05) is 5.32 Å². The molecule has 1 aliphatic heterocycles. The number of carbonyl (C=O) groups is 1. The van der Waals surface area contributed by atoms with Gasteiger partial charge in [-0.15, -0.1) is 0 Å². The molecular formula is C11H11ClN6O2. The number of aromatic nitrogens is 4. The van der Waals surface area contributed by atoms with Crippen LogP contribution < -0.4 is 5.32 Å². The number of nitrogens with one attached hydrogen (secondary N) is 1. The summed E-state index contributed by atoms with van der Waals surface area (Å²) in [5.41, 5.74) is 1.34. The summed E-state index contributed by atoms with van der Waals surface area (Å²) in [5.74, 6) is 1.10. The summed E-state index contributed by atoms with van der Waals surface area (Å²) < 4.78 is 1.79. The number of halogens is 1. The topological polar surface area (TPSA) is 96.2 Å². The molecule has 0 aliphatic carbocycles. The zero-order valence-electron chi connectivity index (χ0n) is 10.5. The molecule has 1 aliphatic rings. The molecule has 20 heavy (non-hydrogen) atoms. The predicted molar refractivity (Wildman–Crippen MR) is 70.8 cm³/mol. The Kier molecular flexibility index (Phi) is 2.94. The van der Waals surface area contributed by atoms with Crippen molar-refractivity contribution in [3.8, 4) is 0 Å². The van der Waals surface area contributed by atoms with E-state index in [1.807, 2.05) is 7.05 Å². The maximum atomic E-state index is 11.0. The van der Waals surface area contributed by atoms with E-state index in [2.05, 4.69) is 20.3 Å². The average molecular weight is 295 g/mol. The molecule has 0 saturated heterocycles. The number of fused-ring (bicyclic) bond motifs is 1. The minimum absolute atomic E-state index is 0.0782. The van der Waals surface area contributed by atoms with E-state index in [9.17, 15) is 4.79 Å². The molecule has 2 aromatic heterocycles. The maximum absolute atomic E-state index is 11.0. The first-order chi connectivity index (χ1) is 9.52. The normalized spacial score (nSPS) is 13.4. The Morgan fingerprint density at radius 2 is 2.25 bits per heavy atom. The molecule has 0 bridgehead atoms. The van der Waals surface area contributed by atoms with E-state index >= 15 is 0 Å². The van der Waals surface area contributed by atoms with Gasteiger partial charge in [0.25, 0.3) is 0 Å². The van der Waals surface area contributed by atoms with Gasteiger partial charge >= 0.3 is 6.09 Å². The molecule has 0 atom stereocenters. The number of rotatable bonds is 2. The zero-order chi connectivity index (χ0) is 14.3. The smallest absolute Gasteiger partial charge is 0.407 e. The van der Waals surface area contributed by atoms with Gasteiger partial charge in [0.05, 0.1) is 25.1 Å². The Hall–Kier alpha value is -2.35. The van der Waals surface area contributed by atoms with Crippen LogP contribution in [0.4, 0.5) is 16.4 Å². The van der Waals surface area contributed by atoms with Crippen molar-refractivity contribution in [3.63, 3.8) is 0 Å². The van der Waals surface area contributed by atoms with Gasteiger partial charge in [-0.05, 0) is 11.6 Å². The van der Waals surface area contributed by atoms with Crippen molar-refractivity contribution in [2.45, 2.75) is 13.1 Å². The zero-order valence-corrected chi connectivity index (χ0v) is 11.3. The first kappa shape index (κ1) is 12.7. The molecule has 2 N–H and O–H groups in total. The van der Waals surface area contributed by atoms with Gasteiger partial charge in [-0.1, -0.05) is 0 Å². The summed E-state index contributed by atoms with van der Waals surface area (Å²) in [5, 5.41) is 12.2. The van der Waals surface area contributed by atoms with Crippen molar-refractivity contribution >= 4 is 29.3 Å². The van der Waals surface area contributed by atoms with Gasteiger partial charge in [0.2, 0.25) is 5.28 Å². The van der Waals surface area contributed by atoms with E-state index in [1.54, 1.807) is 17.1 Å². The minimum atomic E-state index is -0.997. The standard InChI is InChI=1S/C11H11ClN6O2/c1-17-4-8(13-5-17)15-9-6-2-18(11(19)20)3-7(6)14-10(12)16-9/h4-5H,2-3H2,1H3,(H,19,20)(H,14,15,16). The van der Waals surface area contributed by atoms with Crippen molar-refractivity contribution in [1.82, 2.24) is 24.4 Å². The van der Waals surface area contributed by atoms with Crippen molar-refractivity contribution in [1.29, 1.82) is 0 Å². The lowest BCUT2D eigenvalue weighted by Crippen LogP contribution is -2.22. The fraction of sp³-hybridized carbons (Fsp3) is 0.273. The van der Waals surface area contributed by atoms with Crippen LogP contribution in [-0.2, 0) is 20.1 Å². The molecule has 3 heterocycles.